The van der Waals surface area contributed by atoms with E-state index in [1.807, 2.05) is 30.9 Å². The Morgan fingerprint density at radius 2 is 2.08 bits per heavy atom. The minimum atomic E-state index is -0.167. The molecule has 0 saturated carbocycles. The van der Waals surface area contributed by atoms with E-state index in [1.54, 1.807) is 12.4 Å². The molecule has 0 aromatic carbocycles. The Balaban J connectivity index is 1.88. The van der Waals surface area contributed by atoms with Gasteiger partial charge in [-0.3, -0.25) is 14.6 Å². The summed E-state index contributed by atoms with van der Waals surface area (Å²) in [5.74, 6) is 0.873. The fourth-order valence-corrected chi connectivity index (χ4v) is 3.11. The molecule has 2 aromatic rings. The van der Waals surface area contributed by atoms with Crippen LogP contribution in [0.5, 0.6) is 0 Å². The smallest absolute Gasteiger partial charge is 0.251 e. The quantitative estimate of drug-likeness (QED) is 0.938. The molecule has 3 rings (SSSR count). The maximum atomic E-state index is 12.3. The van der Waals surface area contributed by atoms with Gasteiger partial charge in [-0.15, -0.1) is 0 Å². The number of aromatic nitrogens is 3. The SMILES string of the molecule is CC(C)C(=O)N1CCC[C@H](c2nc(-c3ccncc3)cc(=O)[nH]2)C1. The zero-order chi connectivity index (χ0) is 17.1. The molecule has 6 nitrogen and oxygen atoms in total. The normalized spacial score (nSPS) is 18.0. The molecule has 24 heavy (non-hydrogen) atoms. The third kappa shape index (κ3) is 3.53. The number of carbonyl (C=O) groups is 1. The standard InChI is InChI=1S/C18H22N4O2/c1-12(2)18(24)22-9-3-4-14(11-22)17-20-15(10-16(23)21-17)13-5-7-19-8-6-13/h5-8,10,12,14H,3-4,9,11H2,1-2H3,(H,20,21,23)/t14-/m0/s1. The summed E-state index contributed by atoms with van der Waals surface area (Å²) < 4.78 is 0. The number of H-pyrrole nitrogens is 1. The summed E-state index contributed by atoms with van der Waals surface area (Å²) in [7, 11) is 0. The number of rotatable bonds is 3. The Bertz CT molecular complexity index is 770. The van der Waals surface area contributed by atoms with Crippen molar-refractivity contribution in [1.29, 1.82) is 0 Å². The lowest BCUT2D eigenvalue weighted by atomic mass is 9.96. The molecule has 6 heteroatoms. The van der Waals surface area contributed by atoms with E-state index >= 15 is 0 Å². The van der Waals surface area contributed by atoms with Crippen molar-refractivity contribution < 1.29 is 4.79 Å². The third-order valence-electron chi connectivity index (χ3n) is 4.35. The lowest BCUT2D eigenvalue weighted by molar-refractivity contribution is -0.135. The molecule has 0 unspecified atom stereocenters. The molecule has 0 spiro atoms. The Morgan fingerprint density at radius 3 is 2.79 bits per heavy atom. The predicted octanol–water partition coefficient (Wildman–Crippen LogP) is 2.19. The van der Waals surface area contributed by atoms with Crippen molar-refractivity contribution in [3.8, 4) is 11.3 Å². The van der Waals surface area contributed by atoms with Crippen molar-refractivity contribution in [3.63, 3.8) is 0 Å². The largest absolute Gasteiger partial charge is 0.342 e. The summed E-state index contributed by atoms with van der Waals surface area (Å²) in [6.07, 6.45) is 5.21. The van der Waals surface area contributed by atoms with Gasteiger partial charge in [-0.25, -0.2) is 4.98 Å². The monoisotopic (exact) mass is 326 g/mol. The number of amides is 1. The van der Waals surface area contributed by atoms with E-state index in [4.69, 9.17) is 0 Å². The highest BCUT2D eigenvalue weighted by Gasteiger charge is 2.27. The average Bonchev–Trinajstić information content (AvgIpc) is 2.61. The van der Waals surface area contributed by atoms with Crippen molar-refractivity contribution in [3.05, 3.63) is 46.8 Å². The number of nitrogens with zero attached hydrogens (tertiary/aromatic N) is 3. The number of hydrogen-bond donors (Lipinski definition) is 1. The number of likely N-dealkylation sites (tertiary alicyclic amines) is 1. The van der Waals surface area contributed by atoms with E-state index in [0.717, 1.165) is 24.9 Å². The lowest BCUT2D eigenvalue weighted by Gasteiger charge is -2.33. The van der Waals surface area contributed by atoms with Gasteiger partial charge in [0.05, 0.1) is 5.69 Å². The zero-order valence-corrected chi connectivity index (χ0v) is 14.0. The summed E-state index contributed by atoms with van der Waals surface area (Å²) in [6.45, 7) is 5.22. The van der Waals surface area contributed by atoms with Gasteiger partial charge in [0.15, 0.2) is 0 Å². The van der Waals surface area contributed by atoms with Crippen molar-refractivity contribution in [2.45, 2.75) is 32.6 Å². The van der Waals surface area contributed by atoms with E-state index < -0.39 is 0 Å². The van der Waals surface area contributed by atoms with Crippen LogP contribution >= 0.6 is 0 Å². The predicted molar refractivity (Wildman–Crippen MR) is 91.5 cm³/mol. The highest BCUT2D eigenvalue weighted by Crippen LogP contribution is 2.26. The average molecular weight is 326 g/mol. The summed E-state index contributed by atoms with van der Waals surface area (Å²) in [6, 6.07) is 5.17. The fraction of sp³-hybridized carbons (Fsp3) is 0.444. The van der Waals surface area contributed by atoms with Gasteiger partial charge in [0, 0.05) is 48.9 Å². The molecular formula is C18H22N4O2. The molecule has 1 amide bonds. The van der Waals surface area contributed by atoms with Crippen LogP contribution in [-0.2, 0) is 4.79 Å². The first-order valence-corrected chi connectivity index (χ1v) is 8.35. The van der Waals surface area contributed by atoms with Crippen molar-refractivity contribution in [1.82, 2.24) is 19.9 Å². The second kappa shape index (κ2) is 6.95. The molecule has 1 aliphatic rings. The lowest BCUT2D eigenvalue weighted by Crippen LogP contribution is -2.41. The molecule has 1 aliphatic heterocycles. The Morgan fingerprint density at radius 1 is 1.33 bits per heavy atom. The number of hydrogen-bond acceptors (Lipinski definition) is 4. The van der Waals surface area contributed by atoms with Crippen molar-refractivity contribution in [2.24, 2.45) is 5.92 Å². The van der Waals surface area contributed by atoms with Crippen LogP contribution in [0, 0.1) is 5.92 Å². The van der Waals surface area contributed by atoms with Gasteiger partial charge in [-0.1, -0.05) is 13.8 Å². The topological polar surface area (TPSA) is 79.0 Å². The van der Waals surface area contributed by atoms with Crippen LogP contribution in [0.25, 0.3) is 11.3 Å². The van der Waals surface area contributed by atoms with Crippen LogP contribution in [0.3, 0.4) is 0 Å². The minimum absolute atomic E-state index is 0.0149. The van der Waals surface area contributed by atoms with Gasteiger partial charge in [-0.05, 0) is 25.0 Å². The molecule has 0 radical (unpaired) electrons. The van der Waals surface area contributed by atoms with Crippen LogP contribution in [0.2, 0.25) is 0 Å². The Kier molecular flexibility index (Phi) is 4.74. The number of pyridine rings is 1. The van der Waals surface area contributed by atoms with Crippen molar-refractivity contribution in [2.75, 3.05) is 13.1 Å². The first-order valence-electron chi connectivity index (χ1n) is 8.35. The van der Waals surface area contributed by atoms with Gasteiger partial charge >= 0.3 is 0 Å². The van der Waals surface area contributed by atoms with Crippen LogP contribution < -0.4 is 5.56 Å². The van der Waals surface area contributed by atoms with E-state index in [9.17, 15) is 9.59 Å². The van der Waals surface area contributed by atoms with E-state index in [0.29, 0.717) is 18.1 Å². The number of nitrogens with one attached hydrogen (secondary N) is 1. The molecular weight excluding hydrogens is 304 g/mol. The molecule has 1 fully saturated rings. The van der Waals surface area contributed by atoms with Crippen LogP contribution in [0.15, 0.2) is 35.4 Å². The summed E-state index contributed by atoms with van der Waals surface area (Å²) in [5, 5.41) is 0. The maximum absolute atomic E-state index is 12.3. The third-order valence-corrected chi connectivity index (χ3v) is 4.35. The minimum Gasteiger partial charge on any atom is -0.342 e. The van der Waals surface area contributed by atoms with Gasteiger partial charge in [0.1, 0.15) is 5.82 Å². The first-order chi connectivity index (χ1) is 11.5. The molecule has 126 valence electrons. The molecule has 0 bridgehead atoms. The molecule has 1 N–H and O–H groups in total. The van der Waals surface area contributed by atoms with Crippen LogP contribution in [0.1, 0.15) is 38.4 Å². The second-order valence-corrected chi connectivity index (χ2v) is 6.53. The maximum Gasteiger partial charge on any atom is 0.251 e. The van der Waals surface area contributed by atoms with E-state index in [1.165, 1.54) is 6.07 Å². The van der Waals surface area contributed by atoms with Crippen LogP contribution in [-0.4, -0.2) is 38.8 Å². The van der Waals surface area contributed by atoms with Crippen molar-refractivity contribution >= 4 is 5.91 Å². The zero-order valence-electron chi connectivity index (χ0n) is 14.0. The summed E-state index contributed by atoms with van der Waals surface area (Å²) in [5.41, 5.74) is 1.34. The number of piperidine rings is 1. The molecule has 1 atom stereocenters. The van der Waals surface area contributed by atoms with Gasteiger partial charge in [-0.2, -0.15) is 0 Å². The number of carbonyl (C=O) groups excluding carboxylic acids is 1. The van der Waals surface area contributed by atoms with Gasteiger partial charge in [0.2, 0.25) is 5.91 Å². The summed E-state index contributed by atoms with van der Waals surface area (Å²) >= 11 is 0. The molecule has 1 saturated heterocycles. The first kappa shape index (κ1) is 16.4. The molecule has 2 aromatic heterocycles. The second-order valence-electron chi connectivity index (χ2n) is 6.53. The Hall–Kier alpha value is -2.50. The van der Waals surface area contributed by atoms with Crippen LogP contribution in [0.4, 0.5) is 0 Å². The molecule has 3 heterocycles. The van der Waals surface area contributed by atoms with E-state index in [2.05, 4.69) is 15.0 Å². The highest BCUT2D eigenvalue weighted by atomic mass is 16.2. The highest BCUT2D eigenvalue weighted by molar-refractivity contribution is 5.78. The van der Waals surface area contributed by atoms with E-state index in [-0.39, 0.29) is 23.3 Å². The van der Waals surface area contributed by atoms with Gasteiger partial charge < -0.3 is 9.88 Å². The molecule has 0 aliphatic carbocycles. The fourth-order valence-electron chi connectivity index (χ4n) is 3.11. The Labute approximate surface area is 141 Å². The van der Waals surface area contributed by atoms with Gasteiger partial charge in [0.25, 0.3) is 5.56 Å². The number of aromatic amines is 1. The summed E-state index contributed by atoms with van der Waals surface area (Å²) in [4.78, 5) is 37.7.